The Bertz CT molecular complexity index is 536. The van der Waals surface area contributed by atoms with Gasteiger partial charge in [0.2, 0.25) is 0 Å². The summed E-state index contributed by atoms with van der Waals surface area (Å²) in [7, 11) is 1.85. The van der Waals surface area contributed by atoms with Crippen LogP contribution in [-0.2, 0) is 13.6 Å². The highest BCUT2D eigenvalue weighted by Crippen LogP contribution is 2.11. The van der Waals surface area contributed by atoms with Crippen LogP contribution in [0.3, 0.4) is 0 Å². The van der Waals surface area contributed by atoms with Crippen LogP contribution >= 0.6 is 15.9 Å². The molecule has 17 heavy (non-hydrogen) atoms. The maximum atomic E-state index is 11.8. The van der Waals surface area contributed by atoms with E-state index < -0.39 is 0 Å². The summed E-state index contributed by atoms with van der Waals surface area (Å²) < 4.78 is 2.60. The van der Waals surface area contributed by atoms with Crippen LogP contribution in [-0.4, -0.2) is 15.7 Å². The predicted molar refractivity (Wildman–Crippen MR) is 68.5 cm³/mol. The lowest BCUT2D eigenvalue weighted by atomic mass is 10.2. The van der Waals surface area contributed by atoms with E-state index in [1.165, 1.54) is 0 Å². The number of nitrogens with one attached hydrogen (secondary N) is 1. The van der Waals surface area contributed by atoms with Crippen molar-refractivity contribution < 1.29 is 4.79 Å². The van der Waals surface area contributed by atoms with Crippen molar-refractivity contribution in [3.63, 3.8) is 0 Å². The zero-order valence-corrected chi connectivity index (χ0v) is 10.9. The number of nitrogens with zero attached hydrogens (tertiary/aromatic N) is 2. The van der Waals surface area contributed by atoms with Gasteiger partial charge in [0.15, 0.2) is 0 Å². The van der Waals surface area contributed by atoms with Gasteiger partial charge < -0.3 is 5.32 Å². The molecular weight excluding hydrogens is 282 g/mol. The van der Waals surface area contributed by atoms with Gasteiger partial charge in [0.1, 0.15) is 0 Å². The molecule has 1 aromatic heterocycles. The Kier molecular flexibility index (Phi) is 3.58. The standard InChI is InChI=1S/C12H12BrN3O/c1-16-8-9(7-15-16)6-14-12(17)10-3-2-4-11(13)5-10/h2-5,7-8H,6H2,1H3,(H,14,17). The van der Waals surface area contributed by atoms with E-state index in [1.807, 2.05) is 25.4 Å². The third kappa shape index (κ3) is 3.17. The molecule has 1 N–H and O–H groups in total. The van der Waals surface area contributed by atoms with Crippen LogP contribution in [0.4, 0.5) is 0 Å². The third-order valence-corrected chi connectivity index (χ3v) is 2.79. The molecule has 0 saturated carbocycles. The highest BCUT2D eigenvalue weighted by Gasteiger charge is 2.05. The smallest absolute Gasteiger partial charge is 0.251 e. The van der Waals surface area contributed by atoms with Crippen molar-refractivity contribution in [3.05, 3.63) is 52.3 Å². The number of benzene rings is 1. The zero-order valence-electron chi connectivity index (χ0n) is 9.35. The maximum absolute atomic E-state index is 11.8. The summed E-state index contributed by atoms with van der Waals surface area (Å²) in [4.78, 5) is 11.8. The number of amides is 1. The molecule has 1 aromatic carbocycles. The number of aromatic nitrogens is 2. The van der Waals surface area contributed by atoms with E-state index in [2.05, 4.69) is 26.3 Å². The first kappa shape index (κ1) is 11.9. The van der Waals surface area contributed by atoms with E-state index in [0.717, 1.165) is 10.0 Å². The van der Waals surface area contributed by atoms with Crippen molar-refractivity contribution in [3.8, 4) is 0 Å². The van der Waals surface area contributed by atoms with Crippen LogP contribution in [0.2, 0.25) is 0 Å². The lowest BCUT2D eigenvalue weighted by molar-refractivity contribution is 0.0951. The van der Waals surface area contributed by atoms with Gasteiger partial charge in [-0.05, 0) is 18.2 Å². The monoisotopic (exact) mass is 293 g/mol. The van der Waals surface area contributed by atoms with Gasteiger partial charge in [-0.15, -0.1) is 0 Å². The van der Waals surface area contributed by atoms with E-state index in [9.17, 15) is 4.79 Å². The number of halogens is 1. The second kappa shape index (κ2) is 5.14. The number of carbonyl (C=O) groups is 1. The number of aryl methyl sites for hydroxylation is 1. The number of hydrogen-bond acceptors (Lipinski definition) is 2. The molecule has 0 radical (unpaired) electrons. The fourth-order valence-corrected chi connectivity index (χ4v) is 1.88. The molecule has 0 saturated heterocycles. The summed E-state index contributed by atoms with van der Waals surface area (Å²) in [6.07, 6.45) is 3.61. The number of hydrogen-bond donors (Lipinski definition) is 1. The molecular formula is C12H12BrN3O. The molecule has 0 unspecified atom stereocenters. The minimum absolute atomic E-state index is 0.0878. The maximum Gasteiger partial charge on any atom is 0.251 e. The van der Waals surface area contributed by atoms with Gasteiger partial charge in [-0.3, -0.25) is 9.48 Å². The minimum Gasteiger partial charge on any atom is -0.348 e. The summed E-state index contributed by atoms with van der Waals surface area (Å²) in [6.45, 7) is 0.485. The molecule has 0 spiro atoms. The van der Waals surface area contributed by atoms with Gasteiger partial charge in [0.25, 0.3) is 5.91 Å². The summed E-state index contributed by atoms with van der Waals surface area (Å²) >= 11 is 3.34. The lowest BCUT2D eigenvalue weighted by Gasteiger charge is -2.03. The topological polar surface area (TPSA) is 46.9 Å². The van der Waals surface area contributed by atoms with E-state index in [1.54, 1.807) is 23.0 Å². The van der Waals surface area contributed by atoms with Crippen molar-refractivity contribution in [1.29, 1.82) is 0 Å². The van der Waals surface area contributed by atoms with Gasteiger partial charge in [-0.25, -0.2) is 0 Å². The van der Waals surface area contributed by atoms with Gasteiger partial charge in [-0.2, -0.15) is 5.10 Å². The molecule has 0 fully saturated rings. The first-order valence-corrected chi connectivity index (χ1v) is 5.96. The van der Waals surface area contributed by atoms with Crippen molar-refractivity contribution in [1.82, 2.24) is 15.1 Å². The molecule has 5 heteroatoms. The first-order valence-electron chi connectivity index (χ1n) is 5.16. The summed E-state index contributed by atoms with van der Waals surface area (Å²) in [6, 6.07) is 7.29. The molecule has 88 valence electrons. The van der Waals surface area contributed by atoms with E-state index in [-0.39, 0.29) is 5.91 Å². The fraction of sp³-hybridized carbons (Fsp3) is 0.167. The summed E-state index contributed by atoms with van der Waals surface area (Å²) in [5.41, 5.74) is 1.62. The van der Waals surface area contributed by atoms with Gasteiger partial charge in [0, 0.05) is 35.4 Å². The number of carbonyl (C=O) groups excluding carboxylic acids is 1. The molecule has 1 heterocycles. The van der Waals surface area contributed by atoms with Crippen LogP contribution in [0.1, 0.15) is 15.9 Å². The molecule has 0 aliphatic heterocycles. The molecule has 0 atom stereocenters. The van der Waals surface area contributed by atoms with Crippen molar-refractivity contribution in [2.75, 3.05) is 0 Å². The van der Waals surface area contributed by atoms with Crippen molar-refractivity contribution >= 4 is 21.8 Å². The Morgan fingerprint density at radius 1 is 1.53 bits per heavy atom. The molecule has 2 rings (SSSR count). The quantitative estimate of drug-likeness (QED) is 0.942. The predicted octanol–water partition coefficient (Wildman–Crippen LogP) is 2.11. The second-order valence-corrected chi connectivity index (χ2v) is 4.63. The Hall–Kier alpha value is -1.62. The largest absolute Gasteiger partial charge is 0.348 e. The Morgan fingerprint density at radius 3 is 3.00 bits per heavy atom. The summed E-state index contributed by atoms with van der Waals surface area (Å²) in [5, 5.41) is 6.88. The molecule has 0 bridgehead atoms. The lowest BCUT2D eigenvalue weighted by Crippen LogP contribution is -2.22. The van der Waals surface area contributed by atoms with Gasteiger partial charge >= 0.3 is 0 Å². The van der Waals surface area contributed by atoms with Gasteiger partial charge in [-0.1, -0.05) is 22.0 Å². The zero-order chi connectivity index (χ0) is 12.3. The average Bonchev–Trinajstić information content (AvgIpc) is 2.72. The van der Waals surface area contributed by atoms with E-state index >= 15 is 0 Å². The number of rotatable bonds is 3. The fourth-order valence-electron chi connectivity index (χ4n) is 1.48. The van der Waals surface area contributed by atoms with Crippen LogP contribution in [0, 0.1) is 0 Å². The minimum atomic E-state index is -0.0878. The van der Waals surface area contributed by atoms with Crippen LogP contribution in [0.5, 0.6) is 0 Å². The summed E-state index contributed by atoms with van der Waals surface area (Å²) in [5.74, 6) is -0.0878. The Morgan fingerprint density at radius 2 is 2.35 bits per heavy atom. The second-order valence-electron chi connectivity index (χ2n) is 3.72. The average molecular weight is 294 g/mol. The highest BCUT2D eigenvalue weighted by atomic mass is 79.9. The molecule has 0 aliphatic carbocycles. The molecule has 1 amide bonds. The Balaban J connectivity index is 1.98. The van der Waals surface area contributed by atoms with E-state index in [4.69, 9.17) is 0 Å². The van der Waals surface area contributed by atoms with Crippen molar-refractivity contribution in [2.24, 2.45) is 7.05 Å². The van der Waals surface area contributed by atoms with Crippen LogP contribution in [0.15, 0.2) is 41.1 Å². The first-order chi connectivity index (χ1) is 8.15. The third-order valence-electron chi connectivity index (χ3n) is 2.30. The normalized spacial score (nSPS) is 10.2. The molecule has 0 aliphatic rings. The van der Waals surface area contributed by atoms with Gasteiger partial charge in [0.05, 0.1) is 6.20 Å². The van der Waals surface area contributed by atoms with Crippen LogP contribution < -0.4 is 5.32 Å². The molecule has 4 nitrogen and oxygen atoms in total. The molecule has 2 aromatic rings. The van der Waals surface area contributed by atoms with E-state index in [0.29, 0.717) is 12.1 Å². The highest BCUT2D eigenvalue weighted by molar-refractivity contribution is 9.10. The van der Waals surface area contributed by atoms with Crippen LogP contribution in [0.25, 0.3) is 0 Å². The Labute approximate surface area is 108 Å². The van der Waals surface area contributed by atoms with Crippen molar-refractivity contribution in [2.45, 2.75) is 6.54 Å². The SMILES string of the molecule is Cn1cc(CNC(=O)c2cccc(Br)c2)cn1.